The third kappa shape index (κ3) is 2.24. The van der Waals surface area contributed by atoms with Crippen molar-refractivity contribution in [3.8, 4) is 0 Å². The average Bonchev–Trinajstić information content (AvgIpc) is 2.53. The summed E-state index contributed by atoms with van der Waals surface area (Å²) in [4.78, 5) is 0. The molecule has 4 rings (SSSR count). The zero-order valence-corrected chi connectivity index (χ0v) is 13.1. The van der Waals surface area contributed by atoms with Gasteiger partial charge in [-0.1, -0.05) is 61.7 Å². The van der Waals surface area contributed by atoms with Crippen LogP contribution in [0.1, 0.15) is 37.7 Å². The van der Waals surface area contributed by atoms with Gasteiger partial charge in [0.2, 0.25) is 0 Å². The topological polar surface area (TPSA) is 0 Å². The van der Waals surface area contributed by atoms with Gasteiger partial charge < -0.3 is 0 Å². The van der Waals surface area contributed by atoms with Gasteiger partial charge in [0.1, 0.15) is 0 Å². The SMILES string of the molecule is SC1(c2cccc3cc4ccccc4cc23)CCCCC1. The molecule has 3 aromatic rings. The van der Waals surface area contributed by atoms with Gasteiger partial charge >= 0.3 is 0 Å². The van der Waals surface area contributed by atoms with E-state index in [0.717, 1.165) is 0 Å². The minimum atomic E-state index is 0.0558. The summed E-state index contributed by atoms with van der Waals surface area (Å²) in [6.07, 6.45) is 6.35. The summed E-state index contributed by atoms with van der Waals surface area (Å²) in [5.41, 5.74) is 1.42. The molecule has 1 saturated carbocycles. The second-order valence-electron chi connectivity index (χ2n) is 6.32. The molecule has 1 aliphatic carbocycles. The highest BCUT2D eigenvalue weighted by atomic mass is 32.1. The lowest BCUT2D eigenvalue weighted by Gasteiger charge is -2.34. The van der Waals surface area contributed by atoms with E-state index in [9.17, 15) is 0 Å². The van der Waals surface area contributed by atoms with Gasteiger partial charge in [0.25, 0.3) is 0 Å². The van der Waals surface area contributed by atoms with E-state index in [1.807, 2.05) is 0 Å². The van der Waals surface area contributed by atoms with E-state index in [1.54, 1.807) is 0 Å². The van der Waals surface area contributed by atoms with Crippen molar-refractivity contribution in [2.45, 2.75) is 36.9 Å². The lowest BCUT2D eigenvalue weighted by molar-refractivity contribution is 0.412. The average molecular weight is 292 g/mol. The lowest BCUT2D eigenvalue weighted by Crippen LogP contribution is -2.22. The van der Waals surface area contributed by atoms with Gasteiger partial charge in [-0.15, -0.1) is 0 Å². The predicted molar refractivity (Wildman–Crippen MR) is 95.2 cm³/mol. The molecule has 0 spiro atoms. The first-order valence-electron chi connectivity index (χ1n) is 7.91. The number of hydrogen-bond donors (Lipinski definition) is 1. The highest BCUT2D eigenvalue weighted by Gasteiger charge is 2.31. The van der Waals surface area contributed by atoms with Crippen LogP contribution in [0.2, 0.25) is 0 Å². The highest BCUT2D eigenvalue weighted by molar-refractivity contribution is 7.81. The molecule has 3 aromatic carbocycles. The second kappa shape index (κ2) is 5.06. The summed E-state index contributed by atoms with van der Waals surface area (Å²) in [5, 5.41) is 5.36. The Labute approximate surface area is 131 Å². The van der Waals surface area contributed by atoms with Crippen molar-refractivity contribution < 1.29 is 0 Å². The van der Waals surface area contributed by atoms with Crippen LogP contribution in [-0.4, -0.2) is 0 Å². The summed E-state index contributed by atoms with van der Waals surface area (Å²) in [7, 11) is 0. The molecule has 0 nitrogen and oxygen atoms in total. The highest BCUT2D eigenvalue weighted by Crippen LogP contribution is 2.45. The number of hydrogen-bond acceptors (Lipinski definition) is 1. The Morgan fingerprint density at radius 2 is 1.38 bits per heavy atom. The molecule has 0 aromatic heterocycles. The Hall–Kier alpha value is -1.47. The van der Waals surface area contributed by atoms with E-state index in [1.165, 1.54) is 59.2 Å². The third-order valence-electron chi connectivity index (χ3n) is 4.93. The standard InChI is InChI=1S/C20H20S/c21-20(11-4-1-5-12-20)19-10-6-9-17-13-15-7-2-3-8-16(15)14-18(17)19/h2-3,6-10,13-14,21H,1,4-5,11-12H2. The van der Waals surface area contributed by atoms with E-state index >= 15 is 0 Å². The van der Waals surface area contributed by atoms with Crippen LogP contribution in [0.3, 0.4) is 0 Å². The van der Waals surface area contributed by atoms with Crippen LogP contribution in [0.4, 0.5) is 0 Å². The first kappa shape index (κ1) is 13.2. The van der Waals surface area contributed by atoms with E-state index < -0.39 is 0 Å². The smallest absolute Gasteiger partial charge is 0.0384 e. The van der Waals surface area contributed by atoms with Crippen LogP contribution in [0.5, 0.6) is 0 Å². The van der Waals surface area contributed by atoms with Gasteiger partial charge in [-0.05, 0) is 52.1 Å². The van der Waals surface area contributed by atoms with Crippen molar-refractivity contribution >= 4 is 34.2 Å². The van der Waals surface area contributed by atoms with Crippen molar-refractivity contribution in [2.24, 2.45) is 0 Å². The molecule has 0 N–H and O–H groups in total. The zero-order valence-electron chi connectivity index (χ0n) is 12.2. The number of thiol groups is 1. The van der Waals surface area contributed by atoms with Crippen LogP contribution < -0.4 is 0 Å². The molecule has 0 bridgehead atoms. The number of fused-ring (bicyclic) bond motifs is 2. The molecule has 1 aliphatic rings. The minimum absolute atomic E-state index is 0.0558. The molecule has 0 radical (unpaired) electrons. The van der Waals surface area contributed by atoms with Crippen molar-refractivity contribution in [3.63, 3.8) is 0 Å². The summed E-state index contributed by atoms with van der Waals surface area (Å²) in [5.74, 6) is 0. The second-order valence-corrected chi connectivity index (χ2v) is 7.17. The Morgan fingerprint density at radius 3 is 2.14 bits per heavy atom. The molecule has 1 heteroatoms. The Kier molecular flexibility index (Phi) is 3.19. The summed E-state index contributed by atoms with van der Waals surface area (Å²) >= 11 is 5.11. The maximum absolute atomic E-state index is 5.11. The largest absolute Gasteiger partial charge is 0.168 e. The maximum Gasteiger partial charge on any atom is 0.0384 e. The Balaban J connectivity index is 1.98. The molecular weight excluding hydrogens is 272 g/mol. The first-order valence-corrected chi connectivity index (χ1v) is 8.35. The maximum atomic E-state index is 5.11. The molecular formula is C20H20S. The molecule has 0 atom stereocenters. The van der Waals surface area contributed by atoms with Gasteiger partial charge in [-0.25, -0.2) is 0 Å². The summed E-state index contributed by atoms with van der Waals surface area (Å²) < 4.78 is 0.0558. The predicted octanol–water partition coefficient (Wildman–Crippen LogP) is 6.08. The van der Waals surface area contributed by atoms with Gasteiger partial charge in [0, 0.05) is 4.75 Å². The van der Waals surface area contributed by atoms with Crippen molar-refractivity contribution in [1.29, 1.82) is 0 Å². The minimum Gasteiger partial charge on any atom is -0.168 e. The van der Waals surface area contributed by atoms with Gasteiger partial charge in [0.05, 0.1) is 0 Å². The Bertz CT molecular complexity index is 797. The van der Waals surface area contributed by atoms with Crippen LogP contribution in [0.15, 0.2) is 54.6 Å². The molecule has 0 unspecified atom stereocenters. The molecule has 0 amide bonds. The molecule has 21 heavy (non-hydrogen) atoms. The summed E-state index contributed by atoms with van der Waals surface area (Å²) in [6.45, 7) is 0. The molecule has 0 saturated heterocycles. The molecule has 1 fully saturated rings. The molecule has 0 aliphatic heterocycles. The van der Waals surface area contributed by atoms with Crippen LogP contribution in [0.25, 0.3) is 21.5 Å². The summed E-state index contributed by atoms with van der Waals surface area (Å²) in [6, 6.07) is 20.0. The Morgan fingerprint density at radius 1 is 0.714 bits per heavy atom. The van der Waals surface area contributed by atoms with E-state index in [-0.39, 0.29) is 4.75 Å². The van der Waals surface area contributed by atoms with Crippen molar-refractivity contribution in [3.05, 3.63) is 60.2 Å². The molecule has 106 valence electrons. The van der Waals surface area contributed by atoms with E-state index in [4.69, 9.17) is 12.6 Å². The fourth-order valence-corrected chi connectivity index (χ4v) is 4.29. The normalized spacial score (nSPS) is 18.1. The quantitative estimate of drug-likeness (QED) is 0.407. The van der Waals surface area contributed by atoms with Crippen LogP contribution >= 0.6 is 12.6 Å². The molecule has 0 heterocycles. The van der Waals surface area contributed by atoms with E-state index in [2.05, 4.69) is 54.6 Å². The fourth-order valence-electron chi connectivity index (χ4n) is 3.78. The van der Waals surface area contributed by atoms with Crippen molar-refractivity contribution in [2.75, 3.05) is 0 Å². The number of rotatable bonds is 1. The fraction of sp³-hybridized carbons (Fsp3) is 0.300. The van der Waals surface area contributed by atoms with Crippen LogP contribution in [0, 0.1) is 0 Å². The first-order chi connectivity index (χ1) is 10.3. The van der Waals surface area contributed by atoms with E-state index in [0.29, 0.717) is 0 Å². The van der Waals surface area contributed by atoms with Crippen molar-refractivity contribution in [1.82, 2.24) is 0 Å². The monoisotopic (exact) mass is 292 g/mol. The van der Waals surface area contributed by atoms with Gasteiger partial charge in [0.15, 0.2) is 0 Å². The van der Waals surface area contributed by atoms with Crippen LogP contribution in [-0.2, 0) is 4.75 Å². The lowest BCUT2D eigenvalue weighted by atomic mass is 9.81. The van der Waals surface area contributed by atoms with Gasteiger partial charge in [-0.2, -0.15) is 12.6 Å². The zero-order chi connectivity index (χ0) is 14.3. The number of benzene rings is 3. The van der Waals surface area contributed by atoms with Gasteiger partial charge in [-0.3, -0.25) is 0 Å². The third-order valence-corrected chi connectivity index (χ3v) is 5.62.